The molecule has 2 rings (SSSR count). The lowest BCUT2D eigenvalue weighted by Crippen LogP contribution is -2.45. The third-order valence-corrected chi connectivity index (χ3v) is 5.22. The number of aromatic nitrogens is 1. The maximum atomic E-state index is 4.68. The summed E-state index contributed by atoms with van der Waals surface area (Å²) >= 11 is 1.77. The molecule has 0 aliphatic carbocycles. The Bertz CT molecular complexity index is 459. The van der Waals surface area contributed by atoms with Crippen LogP contribution in [0, 0.1) is 5.92 Å². The van der Waals surface area contributed by atoms with Crippen LogP contribution in [0.4, 0.5) is 0 Å². The molecule has 4 nitrogen and oxygen atoms in total. The number of thiazole rings is 1. The van der Waals surface area contributed by atoms with Gasteiger partial charge in [-0.3, -0.25) is 4.99 Å². The number of hydrogen-bond acceptors (Lipinski definition) is 3. The molecule has 21 heavy (non-hydrogen) atoms. The summed E-state index contributed by atoms with van der Waals surface area (Å²) < 4.78 is 0. The van der Waals surface area contributed by atoms with Crippen LogP contribution in [0.25, 0.3) is 0 Å². The highest BCUT2D eigenvalue weighted by Gasteiger charge is 2.18. The van der Waals surface area contributed by atoms with Gasteiger partial charge in [0.2, 0.25) is 0 Å². The van der Waals surface area contributed by atoms with E-state index in [0.717, 1.165) is 37.9 Å². The quantitative estimate of drug-likeness (QED) is 0.686. The Morgan fingerprint density at radius 3 is 2.76 bits per heavy atom. The van der Waals surface area contributed by atoms with Crippen molar-refractivity contribution in [2.75, 3.05) is 26.7 Å². The van der Waals surface area contributed by atoms with Gasteiger partial charge in [0.25, 0.3) is 0 Å². The van der Waals surface area contributed by atoms with Gasteiger partial charge in [-0.2, -0.15) is 0 Å². The van der Waals surface area contributed by atoms with E-state index in [1.807, 2.05) is 7.05 Å². The van der Waals surface area contributed by atoms with Crippen LogP contribution in [0.15, 0.2) is 10.4 Å². The maximum absolute atomic E-state index is 4.68. The molecule has 1 aromatic rings. The fourth-order valence-electron chi connectivity index (χ4n) is 2.56. The van der Waals surface area contributed by atoms with Gasteiger partial charge in [-0.15, -0.1) is 11.3 Å². The molecular formula is C16H28N4S. The zero-order chi connectivity index (χ0) is 15.2. The lowest BCUT2D eigenvalue weighted by atomic mass is 10.00. The Morgan fingerprint density at radius 1 is 1.48 bits per heavy atom. The standard InChI is InChI=1S/C16H28N4S/c1-12(2)15-19-14(11-21-15)5-8-18-16(17-4)20-9-6-13(3)7-10-20/h11-13H,5-10H2,1-4H3,(H,17,18). The highest BCUT2D eigenvalue weighted by atomic mass is 32.1. The Balaban J connectivity index is 1.78. The highest BCUT2D eigenvalue weighted by molar-refractivity contribution is 7.09. The number of guanidine groups is 1. The molecule has 0 aromatic carbocycles. The Morgan fingerprint density at radius 2 is 2.19 bits per heavy atom. The van der Waals surface area contributed by atoms with Crippen molar-refractivity contribution in [1.82, 2.24) is 15.2 Å². The van der Waals surface area contributed by atoms with Crippen LogP contribution in [-0.4, -0.2) is 42.5 Å². The van der Waals surface area contributed by atoms with Crippen molar-refractivity contribution in [2.24, 2.45) is 10.9 Å². The SMILES string of the molecule is CN=C(NCCc1csc(C(C)C)n1)N1CCC(C)CC1. The molecule has 2 heterocycles. The van der Waals surface area contributed by atoms with Crippen LogP contribution in [0.5, 0.6) is 0 Å². The average molecular weight is 308 g/mol. The lowest BCUT2D eigenvalue weighted by Gasteiger charge is -2.32. The maximum Gasteiger partial charge on any atom is 0.193 e. The van der Waals surface area contributed by atoms with Crippen LogP contribution < -0.4 is 5.32 Å². The monoisotopic (exact) mass is 308 g/mol. The second kappa shape index (κ2) is 7.78. The number of likely N-dealkylation sites (tertiary alicyclic amines) is 1. The molecule has 1 fully saturated rings. The molecule has 1 aromatic heterocycles. The van der Waals surface area contributed by atoms with E-state index in [1.54, 1.807) is 11.3 Å². The van der Waals surface area contributed by atoms with Crippen molar-refractivity contribution in [3.63, 3.8) is 0 Å². The average Bonchev–Trinajstić information content (AvgIpc) is 2.94. The first kappa shape index (κ1) is 16.3. The third kappa shape index (κ3) is 4.70. The van der Waals surface area contributed by atoms with Crippen LogP contribution in [0.2, 0.25) is 0 Å². The highest BCUT2D eigenvalue weighted by Crippen LogP contribution is 2.19. The van der Waals surface area contributed by atoms with Crippen LogP contribution >= 0.6 is 11.3 Å². The molecule has 0 bridgehead atoms. The van der Waals surface area contributed by atoms with E-state index >= 15 is 0 Å². The number of rotatable bonds is 4. The molecule has 1 N–H and O–H groups in total. The molecule has 5 heteroatoms. The van der Waals surface area contributed by atoms with Gasteiger partial charge in [0.05, 0.1) is 10.7 Å². The molecule has 0 spiro atoms. The summed E-state index contributed by atoms with van der Waals surface area (Å²) in [6.45, 7) is 9.87. The predicted molar refractivity (Wildman–Crippen MR) is 91.2 cm³/mol. The van der Waals surface area contributed by atoms with Gasteiger partial charge in [0.15, 0.2) is 5.96 Å². The van der Waals surface area contributed by atoms with E-state index in [4.69, 9.17) is 0 Å². The fraction of sp³-hybridized carbons (Fsp3) is 0.750. The molecule has 0 radical (unpaired) electrons. The van der Waals surface area contributed by atoms with E-state index in [9.17, 15) is 0 Å². The zero-order valence-electron chi connectivity index (χ0n) is 13.7. The summed E-state index contributed by atoms with van der Waals surface area (Å²) in [5, 5.41) is 6.90. The normalized spacial score (nSPS) is 17.6. The van der Waals surface area contributed by atoms with E-state index in [1.165, 1.54) is 23.5 Å². The minimum atomic E-state index is 0.528. The molecule has 1 saturated heterocycles. The predicted octanol–water partition coefficient (Wildman–Crippen LogP) is 3.12. The summed E-state index contributed by atoms with van der Waals surface area (Å²) in [5.41, 5.74) is 1.19. The van der Waals surface area contributed by atoms with Crippen molar-refractivity contribution in [1.29, 1.82) is 0 Å². The van der Waals surface area contributed by atoms with Crippen molar-refractivity contribution in [3.05, 3.63) is 16.1 Å². The van der Waals surface area contributed by atoms with E-state index in [-0.39, 0.29) is 0 Å². The van der Waals surface area contributed by atoms with Crippen LogP contribution in [0.1, 0.15) is 50.2 Å². The van der Waals surface area contributed by atoms with E-state index in [0.29, 0.717) is 5.92 Å². The minimum absolute atomic E-state index is 0.528. The van der Waals surface area contributed by atoms with Crippen molar-refractivity contribution < 1.29 is 0 Å². The third-order valence-electron chi connectivity index (χ3n) is 4.02. The number of aliphatic imine (C=N–C) groups is 1. The zero-order valence-corrected chi connectivity index (χ0v) is 14.5. The number of piperidine rings is 1. The fourth-order valence-corrected chi connectivity index (χ4v) is 3.43. The summed E-state index contributed by atoms with van der Waals surface area (Å²) in [7, 11) is 1.88. The summed E-state index contributed by atoms with van der Waals surface area (Å²) in [6, 6.07) is 0. The number of nitrogens with one attached hydrogen (secondary N) is 1. The largest absolute Gasteiger partial charge is 0.356 e. The molecular weight excluding hydrogens is 280 g/mol. The Kier molecular flexibility index (Phi) is 6.03. The van der Waals surface area contributed by atoms with Crippen molar-refractivity contribution in [3.8, 4) is 0 Å². The molecule has 0 amide bonds. The first-order valence-electron chi connectivity index (χ1n) is 8.00. The lowest BCUT2D eigenvalue weighted by molar-refractivity contribution is 0.273. The molecule has 1 aliphatic rings. The molecule has 0 unspecified atom stereocenters. The molecule has 118 valence electrons. The second-order valence-electron chi connectivity index (χ2n) is 6.23. The smallest absolute Gasteiger partial charge is 0.193 e. The number of hydrogen-bond donors (Lipinski definition) is 1. The van der Waals surface area contributed by atoms with Gasteiger partial charge in [-0.25, -0.2) is 4.98 Å². The van der Waals surface area contributed by atoms with E-state index < -0.39 is 0 Å². The minimum Gasteiger partial charge on any atom is -0.356 e. The van der Waals surface area contributed by atoms with Gasteiger partial charge in [0, 0.05) is 44.4 Å². The molecule has 0 atom stereocenters. The topological polar surface area (TPSA) is 40.5 Å². The summed E-state index contributed by atoms with van der Waals surface area (Å²) in [5.74, 6) is 2.42. The second-order valence-corrected chi connectivity index (χ2v) is 7.12. The van der Waals surface area contributed by atoms with Gasteiger partial charge in [-0.1, -0.05) is 20.8 Å². The van der Waals surface area contributed by atoms with Gasteiger partial charge in [-0.05, 0) is 18.8 Å². The number of nitrogens with zero attached hydrogens (tertiary/aromatic N) is 3. The Hall–Kier alpha value is -1.10. The first-order chi connectivity index (χ1) is 10.1. The molecule has 0 saturated carbocycles. The van der Waals surface area contributed by atoms with Crippen molar-refractivity contribution >= 4 is 17.3 Å². The van der Waals surface area contributed by atoms with Gasteiger partial charge in [0.1, 0.15) is 0 Å². The van der Waals surface area contributed by atoms with Crippen LogP contribution in [-0.2, 0) is 6.42 Å². The van der Waals surface area contributed by atoms with Gasteiger partial charge < -0.3 is 10.2 Å². The van der Waals surface area contributed by atoms with Crippen LogP contribution in [0.3, 0.4) is 0 Å². The van der Waals surface area contributed by atoms with Gasteiger partial charge >= 0.3 is 0 Å². The van der Waals surface area contributed by atoms with Crippen molar-refractivity contribution in [2.45, 2.75) is 46.0 Å². The molecule has 1 aliphatic heterocycles. The van der Waals surface area contributed by atoms with E-state index in [2.05, 4.69) is 46.3 Å². The summed E-state index contributed by atoms with van der Waals surface area (Å²) in [6.07, 6.45) is 3.50. The summed E-state index contributed by atoms with van der Waals surface area (Å²) in [4.78, 5) is 11.5. The Labute approximate surface area is 132 Å². The first-order valence-corrected chi connectivity index (χ1v) is 8.88.